The Bertz CT molecular complexity index is 511. The molecule has 0 aliphatic carbocycles. The van der Waals surface area contributed by atoms with E-state index in [1.807, 2.05) is 30.3 Å². The second-order valence-corrected chi connectivity index (χ2v) is 5.64. The molecular formula is C16H22N4O. The summed E-state index contributed by atoms with van der Waals surface area (Å²) < 4.78 is 0. The highest BCUT2D eigenvalue weighted by Crippen LogP contribution is 2.17. The van der Waals surface area contributed by atoms with E-state index in [-0.39, 0.29) is 18.5 Å². The van der Waals surface area contributed by atoms with Gasteiger partial charge >= 0.3 is 0 Å². The monoisotopic (exact) mass is 286 g/mol. The SMILES string of the molecule is CC1CCN(CC(=O)N(CC#N)c2ccccc2)CC1N. The van der Waals surface area contributed by atoms with Crippen molar-refractivity contribution < 1.29 is 4.79 Å². The lowest BCUT2D eigenvalue weighted by atomic mass is 9.94. The van der Waals surface area contributed by atoms with Crippen molar-refractivity contribution in [2.24, 2.45) is 11.7 Å². The Morgan fingerprint density at radius 1 is 1.48 bits per heavy atom. The lowest BCUT2D eigenvalue weighted by Crippen LogP contribution is -2.51. The van der Waals surface area contributed by atoms with Crippen LogP contribution < -0.4 is 10.6 Å². The fourth-order valence-electron chi connectivity index (χ4n) is 2.59. The van der Waals surface area contributed by atoms with Gasteiger partial charge < -0.3 is 5.73 Å². The van der Waals surface area contributed by atoms with E-state index in [1.54, 1.807) is 0 Å². The van der Waals surface area contributed by atoms with Gasteiger partial charge in [-0.1, -0.05) is 25.1 Å². The van der Waals surface area contributed by atoms with Gasteiger partial charge in [-0.25, -0.2) is 0 Å². The lowest BCUT2D eigenvalue weighted by molar-refractivity contribution is -0.120. The number of nitrogens with zero attached hydrogens (tertiary/aromatic N) is 3. The summed E-state index contributed by atoms with van der Waals surface area (Å²) in [6, 6.07) is 11.5. The predicted molar refractivity (Wildman–Crippen MR) is 82.6 cm³/mol. The molecule has 0 radical (unpaired) electrons. The molecule has 21 heavy (non-hydrogen) atoms. The van der Waals surface area contributed by atoms with Gasteiger partial charge in [0.2, 0.25) is 5.91 Å². The van der Waals surface area contributed by atoms with E-state index in [1.165, 1.54) is 4.90 Å². The average molecular weight is 286 g/mol. The molecule has 0 aromatic heterocycles. The van der Waals surface area contributed by atoms with E-state index in [0.29, 0.717) is 12.5 Å². The third kappa shape index (κ3) is 4.03. The minimum atomic E-state index is -0.0514. The third-order valence-electron chi connectivity index (χ3n) is 4.06. The number of amides is 1. The van der Waals surface area contributed by atoms with Gasteiger partial charge in [-0.05, 0) is 31.0 Å². The first-order valence-corrected chi connectivity index (χ1v) is 7.32. The van der Waals surface area contributed by atoms with Gasteiger partial charge in [-0.3, -0.25) is 14.6 Å². The number of benzene rings is 1. The highest BCUT2D eigenvalue weighted by molar-refractivity contribution is 5.95. The summed E-state index contributed by atoms with van der Waals surface area (Å²) in [5.74, 6) is 0.449. The first-order valence-electron chi connectivity index (χ1n) is 7.32. The van der Waals surface area contributed by atoms with Crippen LogP contribution in [-0.2, 0) is 4.79 Å². The maximum atomic E-state index is 12.5. The smallest absolute Gasteiger partial charge is 0.242 e. The molecule has 1 aromatic carbocycles. The van der Waals surface area contributed by atoms with Crippen molar-refractivity contribution in [3.8, 4) is 6.07 Å². The van der Waals surface area contributed by atoms with Crippen molar-refractivity contribution in [1.29, 1.82) is 5.26 Å². The van der Waals surface area contributed by atoms with Crippen LogP contribution in [0.3, 0.4) is 0 Å². The summed E-state index contributed by atoms with van der Waals surface area (Å²) in [6.07, 6.45) is 1.01. The molecule has 0 saturated carbocycles. The number of carbonyl (C=O) groups is 1. The zero-order valence-electron chi connectivity index (χ0n) is 12.4. The number of likely N-dealkylation sites (tertiary alicyclic amines) is 1. The minimum Gasteiger partial charge on any atom is -0.326 e. The number of rotatable bonds is 4. The number of para-hydroxylation sites is 1. The molecule has 2 atom stereocenters. The molecule has 1 aliphatic heterocycles. The molecule has 5 heteroatoms. The summed E-state index contributed by atoms with van der Waals surface area (Å²) in [5.41, 5.74) is 6.83. The van der Waals surface area contributed by atoms with Crippen LogP contribution in [0.1, 0.15) is 13.3 Å². The zero-order valence-corrected chi connectivity index (χ0v) is 12.4. The molecule has 112 valence electrons. The Balaban J connectivity index is 2.01. The molecular weight excluding hydrogens is 264 g/mol. The molecule has 0 spiro atoms. The van der Waals surface area contributed by atoms with Crippen molar-refractivity contribution >= 4 is 11.6 Å². The summed E-state index contributed by atoms with van der Waals surface area (Å²) in [7, 11) is 0. The van der Waals surface area contributed by atoms with Gasteiger partial charge in [0, 0.05) is 18.3 Å². The summed E-state index contributed by atoms with van der Waals surface area (Å²) in [5, 5.41) is 8.95. The van der Waals surface area contributed by atoms with Crippen molar-refractivity contribution in [3.05, 3.63) is 30.3 Å². The normalized spacial score (nSPS) is 22.5. The largest absolute Gasteiger partial charge is 0.326 e. The van der Waals surface area contributed by atoms with E-state index >= 15 is 0 Å². The highest BCUT2D eigenvalue weighted by atomic mass is 16.2. The molecule has 0 bridgehead atoms. The van der Waals surface area contributed by atoms with E-state index in [0.717, 1.165) is 25.2 Å². The van der Waals surface area contributed by atoms with Gasteiger partial charge in [0.15, 0.2) is 0 Å². The van der Waals surface area contributed by atoms with E-state index in [9.17, 15) is 4.79 Å². The first-order chi connectivity index (χ1) is 10.1. The maximum absolute atomic E-state index is 12.5. The molecule has 1 fully saturated rings. The second kappa shape index (κ2) is 7.21. The quantitative estimate of drug-likeness (QED) is 0.844. The van der Waals surface area contributed by atoms with Crippen molar-refractivity contribution in [2.75, 3.05) is 31.1 Å². The van der Waals surface area contributed by atoms with Crippen molar-refractivity contribution in [2.45, 2.75) is 19.4 Å². The van der Waals surface area contributed by atoms with Gasteiger partial charge in [0.1, 0.15) is 6.54 Å². The fraction of sp³-hybridized carbons (Fsp3) is 0.500. The van der Waals surface area contributed by atoms with Crippen LogP contribution >= 0.6 is 0 Å². The van der Waals surface area contributed by atoms with E-state index < -0.39 is 0 Å². The van der Waals surface area contributed by atoms with Crippen LogP contribution in [0.4, 0.5) is 5.69 Å². The van der Waals surface area contributed by atoms with Gasteiger partial charge in [0.05, 0.1) is 12.6 Å². The molecule has 1 aromatic rings. The number of nitriles is 1. The number of hydrogen-bond acceptors (Lipinski definition) is 4. The van der Waals surface area contributed by atoms with Crippen molar-refractivity contribution in [1.82, 2.24) is 4.90 Å². The van der Waals surface area contributed by atoms with Gasteiger partial charge in [-0.2, -0.15) is 5.26 Å². The minimum absolute atomic E-state index is 0.0514. The van der Waals surface area contributed by atoms with Crippen molar-refractivity contribution in [3.63, 3.8) is 0 Å². The predicted octanol–water partition coefficient (Wildman–Crippen LogP) is 1.21. The summed E-state index contributed by atoms with van der Waals surface area (Å²) in [6.45, 7) is 4.16. The van der Waals surface area contributed by atoms with Crippen LogP contribution in [0.2, 0.25) is 0 Å². The molecule has 1 aliphatic rings. The fourth-order valence-corrected chi connectivity index (χ4v) is 2.59. The second-order valence-electron chi connectivity index (χ2n) is 5.64. The molecule has 2 N–H and O–H groups in total. The molecule has 1 heterocycles. The Morgan fingerprint density at radius 2 is 2.19 bits per heavy atom. The maximum Gasteiger partial charge on any atom is 0.242 e. The van der Waals surface area contributed by atoms with Gasteiger partial charge in [-0.15, -0.1) is 0 Å². The Morgan fingerprint density at radius 3 is 2.81 bits per heavy atom. The van der Waals surface area contributed by atoms with Crippen LogP contribution in [-0.4, -0.2) is 43.0 Å². The van der Waals surface area contributed by atoms with Gasteiger partial charge in [0.25, 0.3) is 0 Å². The molecule has 2 rings (SSSR count). The molecule has 1 amide bonds. The van der Waals surface area contributed by atoms with Crippen LogP contribution in [0.25, 0.3) is 0 Å². The highest BCUT2D eigenvalue weighted by Gasteiger charge is 2.26. The van der Waals surface area contributed by atoms with E-state index in [4.69, 9.17) is 11.0 Å². The third-order valence-corrected chi connectivity index (χ3v) is 4.06. The number of hydrogen-bond donors (Lipinski definition) is 1. The lowest BCUT2D eigenvalue weighted by Gasteiger charge is -2.35. The number of piperidine rings is 1. The van der Waals surface area contributed by atoms with Crippen LogP contribution in [0.5, 0.6) is 0 Å². The van der Waals surface area contributed by atoms with E-state index in [2.05, 4.69) is 17.9 Å². The first kappa shape index (κ1) is 15.5. The Hall–Kier alpha value is -1.90. The standard InChI is InChI=1S/C16H22N4O/c1-13-7-9-19(11-15(13)18)12-16(21)20(10-8-17)14-5-3-2-4-6-14/h2-6,13,15H,7,9-12,18H2,1H3. The van der Waals surface area contributed by atoms with Crippen LogP contribution in [0.15, 0.2) is 30.3 Å². The average Bonchev–Trinajstić information content (AvgIpc) is 2.49. The topological polar surface area (TPSA) is 73.4 Å². The number of nitrogens with two attached hydrogens (primary N) is 1. The molecule has 2 unspecified atom stereocenters. The number of anilines is 1. The Kier molecular flexibility index (Phi) is 5.32. The zero-order chi connectivity index (χ0) is 15.2. The molecule has 5 nitrogen and oxygen atoms in total. The van der Waals surface area contributed by atoms with Crippen LogP contribution in [0, 0.1) is 17.2 Å². The Labute approximate surface area is 125 Å². The number of carbonyl (C=O) groups excluding carboxylic acids is 1. The summed E-state index contributed by atoms with van der Waals surface area (Å²) >= 11 is 0. The summed E-state index contributed by atoms with van der Waals surface area (Å²) in [4.78, 5) is 16.1. The molecule has 1 saturated heterocycles.